The Morgan fingerprint density at radius 2 is 1.71 bits per heavy atom. The molecule has 0 saturated carbocycles. The summed E-state index contributed by atoms with van der Waals surface area (Å²) in [6.45, 7) is 0. The summed E-state index contributed by atoms with van der Waals surface area (Å²) in [5.41, 5.74) is 0.816. The maximum absolute atomic E-state index is 12.6. The van der Waals surface area contributed by atoms with Crippen LogP contribution < -0.4 is 19.9 Å². The molecule has 1 heterocycles. The number of aromatic nitrogens is 2. The van der Waals surface area contributed by atoms with Crippen molar-refractivity contribution in [1.29, 1.82) is 0 Å². The lowest BCUT2D eigenvalue weighted by Crippen LogP contribution is -2.13. The molecule has 0 aliphatic heterocycles. The van der Waals surface area contributed by atoms with Crippen LogP contribution in [0.15, 0.2) is 46.1 Å². The lowest BCUT2D eigenvalue weighted by Gasteiger charge is -2.13. The highest BCUT2D eigenvalue weighted by Crippen LogP contribution is 2.31. The van der Waals surface area contributed by atoms with Gasteiger partial charge in [-0.05, 0) is 30.3 Å². The van der Waals surface area contributed by atoms with Crippen LogP contribution in [0.5, 0.6) is 11.5 Å². The Kier molecular flexibility index (Phi) is 3.94. The second-order valence-electron chi connectivity index (χ2n) is 4.96. The minimum Gasteiger partial charge on any atom is -0.497 e. The molecule has 0 bridgehead atoms. The Hall–Kier alpha value is -2.94. The number of H-pyrrole nitrogens is 2. The summed E-state index contributed by atoms with van der Waals surface area (Å²) < 4.78 is 37.9. The molecule has 0 unspecified atom stereocenters. The third kappa shape index (κ3) is 2.93. The first kappa shape index (κ1) is 15.9. The minimum absolute atomic E-state index is 0.0168. The third-order valence-corrected chi connectivity index (χ3v) is 4.81. The van der Waals surface area contributed by atoms with Crippen LogP contribution in [-0.2, 0) is 10.0 Å². The van der Waals surface area contributed by atoms with Gasteiger partial charge in [0.1, 0.15) is 11.5 Å². The fraction of sp³-hybridized carbons (Fsp3) is 0.133. The van der Waals surface area contributed by atoms with Gasteiger partial charge < -0.3 is 19.4 Å². The molecule has 3 N–H and O–H groups in total. The van der Waals surface area contributed by atoms with E-state index in [0.717, 1.165) is 0 Å². The molecule has 0 spiro atoms. The van der Waals surface area contributed by atoms with Crippen molar-refractivity contribution >= 4 is 26.7 Å². The highest BCUT2D eigenvalue weighted by atomic mass is 32.2. The Morgan fingerprint density at radius 3 is 2.42 bits per heavy atom. The number of aromatic amines is 2. The largest absolute Gasteiger partial charge is 0.497 e. The number of nitrogens with one attached hydrogen (secondary N) is 3. The van der Waals surface area contributed by atoms with E-state index >= 15 is 0 Å². The van der Waals surface area contributed by atoms with E-state index in [-0.39, 0.29) is 10.6 Å². The molecule has 0 aliphatic rings. The number of rotatable bonds is 5. The number of fused-ring (bicyclic) bond motifs is 1. The van der Waals surface area contributed by atoms with Crippen LogP contribution in [0.4, 0.5) is 5.69 Å². The minimum atomic E-state index is -3.85. The molecule has 0 radical (unpaired) electrons. The Bertz CT molecular complexity index is 1050. The summed E-state index contributed by atoms with van der Waals surface area (Å²) in [6, 6.07) is 9.05. The second kappa shape index (κ2) is 5.93. The highest BCUT2D eigenvalue weighted by Gasteiger charge is 2.18. The zero-order valence-electron chi connectivity index (χ0n) is 12.9. The van der Waals surface area contributed by atoms with Gasteiger partial charge in [0, 0.05) is 6.07 Å². The van der Waals surface area contributed by atoms with Crippen molar-refractivity contribution in [3.63, 3.8) is 0 Å². The molecule has 3 aromatic rings. The molecule has 3 rings (SSSR count). The van der Waals surface area contributed by atoms with Gasteiger partial charge >= 0.3 is 5.69 Å². The van der Waals surface area contributed by atoms with Gasteiger partial charge in [-0.3, -0.25) is 4.72 Å². The molecule has 9 heteroatoms. The molecule has 126 valence electrons. The van der Waals surface area contributed by atoms with Crippen molar-refractivity contribution in [3.05, 3.63) is 46.9 Å². The normalized spacial score (nSPS) is 11.4. The molecular weight excluding hydrogens is 334 g/mol. The van der Waals surface area contributed by atoms with Gasteiger partial charge in [-0.15, -0.1) is 0 Å². The lowest BCUT2D eigenvalue weighted by atomic mass is 10.3. The number of ether oxygens (including phenoxy) is 2. The fourth-order valence-corrected chi connectivity index (χ4v) is 3.36. The van der Waals surface area contributed by atoms with Crippen LogP contribution in [0.3, 0.4) is 0 Å². The zero-order valence-corrected chi connectivity index (χ0v) is 13.7. The number of hydrogen-bond acceptors (Lipinski definition) is 5. The molecule has 2 aromatic carbocycles. The Morgan fingerprint density at radius 1 is 0.958 bits per heavy atom. The van der Waals surface area contributed by atoms with Gasteiger partial charge in [-0.1, -0.05) is 0 Å². The maximum atomic E-state index is 12.6. The molecule has 0 atom stereocenters. The van der Waals surface area contributed by atoms with Crippen molar-refractivity contribution in [2.24, 2.45) is 0 Å². The Labute approximate surface area is 137 Å². The second-order valence-corrected chi connectivity index (χ2v) is 6.64. The zero-order chi connectivity index (χ0) is 17.3. The number of hydrogen-bond donors (Lipinski definition) is 3. The summed E-state index contributed by atoms with van der Waals surface area (Å²) in [4.78, 5) is 16.4. The van der Waals surface area contributed by atoms with E-state index in [2.05, 4.69) is 14.7 Å². The highest BCUT2D eigenvalue weighted by molar-refractivity contribution is 7.92. The van der Waals surface area contributed by atoms with E-state index in [4.69, 9.17) is 9.47 Å². The van der Waals surface area contributed by atoms with Gasteiger partial charge in [-0.2, -0.15) is 0 Å². The molecule has 8 nitrogen and oxygen atoms in total. The summed E-state index contributed by atoms with van der Waals surface area (Å²) >= 11 is 0. The summed E-state index contributed by atoms with van der Waals surface area (Å²) in [7, 11) is -0.915. The van der Waals surface area contributed by atoms with Gasteiger partial charge in [0.05, 0.1) is 35.8 Å². The third-order valence-electron chi connectivity index (χ3n) is 3.45. The van der Waals surface area contributed by atoms with Gasteiger partial charge in [0.15, 0.2) is 0 Å². The van der Waals surface area contributed by atoms with Crippen molar-refractivity contribution < 1.29 is 17.9 Å². The number of imidazole rings is 1. The molecule has 24 heavy (non-hydrogen) atoms. The number of benzene rings is 2. The molecule has 0 amide bonds. The quantitative estimate of drug-likeness (QED) is 0.648. The smallest absolute Gasteiger partial charge is 0.323 e. The number of methoxy groups -OCH3 is 2. The van der Waals surface area contributed by atoms with E-state index in [0.29, 0.717) is 22.5 Å². The van der Waals surface area contributed by atoms with Crippen molar-refractivity contribution in [3.8, 4) is 11.5 Å². The van der Waals surface area contributed by atoms with Crippen molar-refractivity contribution in [2.75, 3.05) is 18.9 Å². The van der Waals surface area contributed by atoms with E-state index in [1.807, 2.05) is 0 Å². The molecule has 1 aromatic heterocycles. The lowest BCUT2D eigenvalue weighted by molar-refractivity contribution is 0.395. The molecule has 0 saturated heterocycles. The number of anilines is 1. The summed E-state index contributed by atoms with van der Waals surface area (Å²) in [6.07, 6.45) is 0. The van der Waals surface area contributed by atoms with E-state index in [9.17, 15) is 13.2 Å². The molecule has 0 fully saturated rings. The average molecular weight is 349 g/mol. The number of sulfonamides is 1. The van der Waals surface area contributed by atoms with Gasteiger partial charge in [0.2, 0.25) is 0 Å². The van der Waals surface area contributed by atoms with Crippen LogP contribution in [0.25, 0.3) is 11.0 Å². The predicted molar refractivity (Wildman–Crippen MR) is 89.3 cm³/mol. The average Bonchev–Trinajstić information content (AvgIpc) is 2.94. The van der Waals surface area contributed by atoms with Crippen LogP contribution >= 0.6 is 0 Å². The van der Waals surface area contributed by atoms with Crippen LogP contribution in [-0.4, -0.2) is 32.6 Å². The predicted octanol–water partition coefficient (Wildman–Crippen LogP) is 1.67. The van der Waals surface area contributed by atoms with Crippen LogP contribution in [0, 0.1) is 0 Å². The maximum Gasteiger partial charge on any atom is 0.323 e. The summed E-state index contributed by atoms with van der Waals surface area (Å²) in [5, 5.41) is 0. The van der Waals surface area contributed by atoms with E-state index < -0.39 is 15.7 Å². The first-order valence-electron chi connectivity index (χ1n) is 6.90. The first-order valence-corrected chi connectivity index (χ1v) is 8.38. The van der Waals surface area contributed by atoms with E-state index in [1.165, 1.54) is 32.4 Å². The first-order chi connectivity index (χ1) is 11.4. The SMILES string of the molecule is COc1ccc(NS(=O)(=O)c2ccc3[nH]c(=O)[nH]c3c2)c(OC)c1. The van der Waals surface area contributed by atoms with Crippen LogP contribution in [0.2, 0.25) is 0 Å². The van der Waals surface area contributed by atoms with Crippen LogP contribution in [0.1, 0.15) is 0 Å². The van der Waals surface area contributed by atoms with Gasteiger partial charge in [-0.25, -0.2) is 13.2 Å². The van der Waals surface area contributed by atoms with E-state index in [1.54, 1.807) is 18.2 Å². The topological polar surface area (TPSA) is 113 Å². The Balaban J connectivity index is 1.99. The summed E-state index contributed by atoms with van der Waals surface area (Å²) in [5.74, 6) is 0.871. The fourth-order valence-electron chi connectivity index (χ4n) is 2.27. The molecular formula is C15H15N3O5S. The van der Waals surface area contributed by atoms with Crippen molar-refractivity contribution in [2.45, 2.75) is 4.90 Å². The van der Waals surface area contributed by atoms with Crippen molar-refractivity contribution in [1.82, 2.24) is 9.97 Å². The van der Waals surface area contributed by atoms with Gasteiger partial charge in [0.25, 0.3) is 10.0 Å². The monoisotopic (exact) mass is 349 g/mol. The molecule has 0 aliphatic carbocycles. The standard InChI is InChI=1S/C15H15N3O5S/c1-22-9-3-5-12(14(7-9)23-2)18-24(20,21)10-4-6-11-13(8-10)17-15(19)16-11/h3-8,18H,1-2H3,(H2,16,17,19).